The summed E-state index contributed by atoms with van der Waals surface area (Å²) in [7, 11) is 0. The third kappa shape index (κ3) is 7.74. The summed E-state index contributed by atoms with van der Waals surface area (Å²) in [5.41, 5.74) is 8.04. The molecule has 200 valence electrons. The lowest BCUT2D eigenvalue weighted by Gasteiger charge is -2.43. The molecule has 0 nitrogen and oxygen atoms in total. The second-order valence-electron chi connectivity index (χ2n) is 17.0. The van der Waals surface area contributed by atoms with Gasteiger partial charge in [0.25, 0.3) is 0 Å². The average molecular weight is 473 g/mol. The number of hydrogen-bond donors (Lipinski definition) is 0. The van der Waals surface area contributed by atoms with Crippen molar-refractivity contribution in [2.24, 2.45) is 44.3 Å². The highest BCUT2D eigenvalue weighted by atomic mass is 14.6. The van der Waals surface area contributed by atoms with Crippen LogP contribution in [-0.2, 0) is 0 Å². The maximum Gasteiger partial charge on any atom is -0.0137 e. The van der Waals surface area contributed by atoms with Crippen LogP contribution in [0.2, 0.25) is 0 Å². The second-order valence-corrected chi connectivity index (χ2v) is 17.0. The van der Waals surface area contributed by atoms with Crippen LogP contribution >= 0.6 is 0 Å². The molecule has 2 unspecified atom stereocenters. The molecule has 0 amide bonds. The van der Waals surface area contributed by atoms with Crippen molar-refractivity contribution in [1.82, 2.24) is 0 Å². The fourth-order valence-corrected chi connectivity index (χ4v) is 7.88. The zero-order chi connectivity index (χ0) is 27.3. The molecule has 2 atom stereocenters. The predicted octanol–water partition coefficient (Wildman–Crippen LogP) is 11.7. The van der Waals surface area contributed by atoms with Crippen molar-refractivity contribution < 1.29 is 0 Å². The topological polar surface area (TPSA) is 0 Å². The van der Waals surface area contributed by atoms with Gasteiger partial charge in [-0.3, -0.25) is 0 Å². The third-order valence-corrected chi connectivity index (χ3v) is 9.92. The molecule has 0 aromatic heterocycles. The van der Waals surface area contributed by atoms with E-state index >= 15 is 0 Å². The van der Waals surface area contributed by atoms with Gasteiger partial charge in [-0.15, -0.1) is 0 Å². The van der Waals surface area contributed by atoms with Crippen molar-refractivity contribution in [2.75, 3.05) is 0 Å². The lowest BCUT2D eigenvalue weighted by atomic mass is 9.62. The van der Waals surface area contributed by atoms with Gasteiger partial charge in [-0.05, 0) is 105 Å². The zero-order valence-corrected chi connectivity index (χ0v) is 27.0. The van der Waals surface area contributed by atoms with Crippen LogP contribution in [0.15, 0.2) is 22.3 Å². The Balaban J connectivity index is 3.11. The largest absolute Gasteiger partial charge is 0.0770 e. The van der Waals surface area contributed by atoms with Gasteiger partial charge in [-0.25, -0.2) is 0 Å². The Morgan fingerprint density at radius 3 is 1.15 bits per heavy atom. The van der Waals surface area contributed by atoms with E-state index in [2.05, 4.69) is 125 Å². The number of rotatable bonds is 10. The van der Waals surface area contributed by atoms with Crippen molar-refractivity contribution in [1.29, 1.82) is 0 Å². The number of hydrogen-bond acceptors (Lipinski definition) is 0. The van der Waals surface area contributed by atoms with Gasteiger partial charge >= 0.3 is 0 Å². The summed E-state index contributed by atoms with van der Waals surface area (Å²) in [6.07, 6.45) is 5.18. The molecule has 0 N–H and O–H groups in total. The lowest BCUT2D eigenvalue weighted by Crippen LogP contribution is -2.32. The van der Waals surface area contributed by atoms with E-state index in [0.29, 0.717) is 16.2 Å². The smallest absolute Gasteiger partial charge is 0.0137 e. The van der Waals surface area contributed by atoms with Crippen LogP contribution in [0.4, 0.5) is 0 Å². The monoisotopic (exact) mass is 473 g/mol. The molecule has 0 radical (unpaired) electrons. The van der Waals surface area contributed by atoms with Crippen LogP contribution < -0.4 is 0 Å². The Morgan fingerprint density at radius 2 is 0.794 bits per heavy atom. The molecule has 0 saturated heterocycles. The van der Waals surface area contributed by atoms with Crippen LogP contribution in [0.1, 0.15) is 150 Å². The van der Waals surface area contributed by atoms with Crippen molar-refractivity contribution in [2.45, 2.75) is 150 Å². The maximum absolute atomic E-state index is 2.56. The molecule has 34 heavy (non-hydrogen) atoms. The molecule has 0 aliphatic heterocycles. The normalized spacial score (nSPS) is 21.4. The van der Waals surface area contributed by atoms with Crippen LogP contribution in [-0.4, -0.2) is 0 Å². The molecular formula is C34H64. The van der Waals surface area contributed by atoms with Gasteiger partial charge in [-0.2, -0.15) is 0 Å². The first-order valence-electron chi connectivity index (χ1n) is 14.1. The predicted molar refractivity (Wildman–Crippen MR) is 156 cm³/mol. The summed E-state index contributed by atoms with van der Waals surface area (Å²) in [5, 5.41) is 0. The van der Waals surface area contributed by atoms with Crippen LogP contribution in [0.25, 0.3) is 0 Å². The van der Waals surface area contributed by atoms with Gasteiger partial charge in [0.1, 0.15) is 0 Å². The number of allylic oxidation sites excluding steroid dienone is 4. The minimum atomic E-state index is 0.183. The zero-order valence-electron chi connectivity index (χ0n) is 27.0. The van der Waals surface area contributed by atoms with E-state index in [9.17, 15) is 0 Å². The van der Waals surface area contributed by atoms with Gasteiger partial charge in [0.05, 0.1) is 0 Å². The van der Waals surface area contributed by atoms with E-state index in [4.69, 9.17) is 0 Å². The minimum Gasteiger partial charge on any atom is -0.0770 e. The highest BCUT2D eigenvalue weighted by Gasteiger charge is 2.55. The Bertz CT molecular complexity index is 778. The molecule has 1 aliphatic carbocycles. The summed E-state index contributed by atoms with van der Waals surface area (Å²) < 4.78 is 0. The van der Waals surface area contributed by atoms with Crippen molar-refractivity contribution in [3.05, 3.63) is 22.3 Å². The fourth-order valence-electron chi connectivity index (χ4n) is 7.88. The van der Waals surface area contributed by atoms with E-state index in [1.165, 1.54) is 31.3 Å². The molecule has 0 heteroatoms. The fraction of sp³-hybridized carbons (Fsp3) is 0.882. The summed E-state index contributed by atoms with van der Waals surface area (Å²) >= 11 is 0. The van der Waals surface area contributed by atoms with Gasteiger partial charge in [-0.1, -0.05) is 112 Å². The summed E-state index contributed by atoms with van der Waals surface area (Å²) in [4.78, 5) is 0. The van der Waals surface area contributed by atoms with Gasteiger partial charge in [0, 0.05) is 0 Å². The SMILES string of the molecule is CC(C)=C(C)C(C)(C)CC(C)(C)C(C)=C(C)C(C)(C)CC(C)(C)C1CC1C(C)(C)CC(C)(C)C. The standard InChI is InChI=1S/C34H64/c1-23(2)24(3)30(9,10)21-31(11,12)25(4)26(5)32(13,14)22-34(17,18)28-19-27(28)33(15,16)20-29(6,7)8/h27-28H,19-22H2,1-18H3. The first-order valence-corrected chi connectivity index (χ1v) is 14.1. The summed E-state index contributed by atoms with van der Waals surface area (Å²) in [5.74, 6) is 1.72. The van der Waals surface area contributed by atoms with E-state index in [1.54, 1.807) is 16.7 Å². The Morgan fingerprint density at radius 1 is 0.471 bits per heavy atom. The Hall–Kier alpha value is -0.520. The van der Waals surface area contributed by atoms with Crippen molar-refractivity contribution in [3.8, 4) is 0 Å². The third-order valence-electron chi connectivity index (χ3n) is 9.92. The summed E-state index contributed by atoms with van der Waals surface area (Å²) in [6, 6.07) is 0. The lowest BCUT2D eigenvalue weighted by molar-refractivity contribution is 0.129. The van der Waals surface area contributed by atoms with Gasteiger partial charge < -0.3 is 0 Å². The van der Waals surface area contributed by atoms with E-state index < -0.39 is 0 Å². The Kier molecular flexibility index (Phi) is 9.03. The van der Waals surface area contributed by atoms with Crippen LogP contribution in [0, 0.1) is 44.3 Å². The molecule has 1 fully saturated rings. The molecule has 1 rings (SSSR count). The highest BCUT2D eigenvalue weighted by molar-refractivity contribution is 5.26. The van der Waals surface area contributed by atoms with Gasteiger partial charge in [0.15, 0.2) is 0 Å². The first-order chi connectivity index (χ1) is 14.8. The van der Waals surface area contributed by atoms with E-state index in [1.807, 2.05) is 0 Å². The van der Waals surface area contributed by atoms with E-state index in [-0.39, 0.29) is 16.2 Å². The van der Waals surface area contributed by atoms with Crippen molar-refractivity contribution >= 4 is 0 Å². The van der Waals surface area contributed by atoms with Gasteiger partial charge in [0.2, 0.25) is 0 Å². The molecule has 0 heterocycles. The van der Waals surface area contributed by atoms with Crippen LogP contribution in [0.5, 0.6) is 0 Å². The van der Waals surface area contributed by atoms with Crippen LogP contribution in [0.3, 0.4) is 0 Å². The Labute approximate surface area is 216 Å². The summed E-state index contributed by atoms with van der Waals surface area (Å²) in [6.45, 7) is 43.9. The quantitative estimate of drug-likeness (QED) is 0.277. The second kappa shape index (κ2) is 9.74. The molecule has 1 saturated carbocycles. The highest BCUT2D eigenvalue weighted by Crippen LogP contribution is 2.63. The van der Waals surface area contributed by atoms with Crippen molar-refractivity contribution in [3.63, 3.8) is 0 Å². The molecule has 0 aromatic carbocycles. The molecule has 0 aromatic rings. The molecule has 0 spiro atoms. The minimum absolute atomic E-state index is 0.183. The first kappa shape index (κ1) is 31.5. The molecule has 1 aliphatic rings. The maximum atomic E-state index is 2.56. The van der Waals surface area contributed by atoms with E-state index in [0.717, 1.165) is 11.8 Å². The average Bonchev–Trinajstić information content (AvgIpc) is 3.38. The molecular weight excluding hydrogens is 408 g/mol. The molecule has 0 bridgehead atoms.